The van der Waals surface area contributed by atoms with Crippen LogP contribution >= 0.6 is 0 Å². The Morgan fingerprint density at radius 1 is 1.16 bits per heavy atom. The van der Waals surface area contributed by atoms with Crippen molar-refractivity contribution in [2.75, 3.05) is 36.5 Å². The van der Waals surface area contributed by atoms with Crippen LogP contribution in [0.4, 0.5) is 24.8 Å². The molecule has 3 aliphatic rings. The molecule has 0 amide bonds. The van der Waals surface area contributed by atoms with Crippen molar-refractivity contribution in [2.45, 2.75) is 44.3 Å². The summed E-state index contributed by atoms with van der Waals surface area (Å²) >= 11 is 0. The molecular formula is C17H23F3N4O. The Morgan fingerprint density at radius 3 is 2.60 bits per heavy atom. The van der Waals surface area contributed by atoms with E-state index in [-0.39, 0.29) is 6.42 Å². The molecule has 1 unspecified atom stereocenters. The highest BCUT2D eigenvalue weighted by Crippen LogP contribution is 2.51. The highest BCUT2D eigenvalue weighted by molar-refractivity contribution is 5.50. The lowest BCUT2D eigenvalue weighted by Crippen LogP contribution is -2.55. The number of nitrogens with zero attached hydrogens (tertiary/aromatic N) is 3. The third-order valence-corrected chi connectivity index (χ3v) is 5.72. The first-order chi connectivity index (χ1) is 12.0. The molecule has 0 aromatic carbocycles. The SMILES string of the molecule is FC(F)(F)C1CCN(c2cc(NC3CC3)ncn2)CC12CCOCC2. The minimum Gasteiger partial charge on any atom is -0.381 e. The highest BCUT2D eigenvalue weighted by Gasteiger charge is 2.56. The molecule has 1 aliphatic carbocycles. The quantitative estimate of drug-likeness (QED) is 0.901. The summed E-state index contributed by atoms with van der Waals surface area (Å²) < 4.78 is 46.2. The standard InChI is InChI=1S/C17H23F3N4O/c18-17(19,20)13-3-6-24(10-16(13)4-7-25-8-5-16)15-9-14(21-11-22-15)23-12-1-2-12/h9,11-13H,1-8,10H2,(H,21,22,23). The molecule has 5 nitrogen and oxygen atoms in total. The Kier molecular flexibility index (Phi) is 4.25. The fourth-order valence-corrected chi connectivity index (χ4v) is 4.19. The van der Waals surface area contributed by atoms with Crippen molar-refractivity contribution in [2.24, 2.45) is 11.3 Å². The fourth-order valence-electron chi connectivity index (χ4n) is 4.19. The maximum Gasteiger partial charge on any atom is 0.392 e. The first-order valence-electron chi connectivity index (χ1n) is 8.94. The number of nitrogens with one attached hydrogen (secondary N) is 1. The number of ether oxygens (including phenoxy) is 1. The van der Waals surface area contributed by atoms with Gasteiger partial charge in [0.15, 0.2) is 0 Å². The van der Waals surface area contributed by atoms with Crippen LogP contribution in [-0.2, 0) is 4.74 Å². The molecule has 8 heteroatoms. The zero-order chi connectivity index (χ0) is 17.5. The second-order valence-electron chi connectivity index (χ2n) is 7.46. The molecule has 1 aromatic rings. The van der Waals surface area contributed by atoms with Gasteiger partial charge in [-0.3, -0.25) is 0 Å². The number of alkyl halides is 3. The molecule has 3 heterocycles. The summed E-state index contributed by atoms with van der Waals surface area (Å²) in [5.41, 5.74) is -0.774. The lowest BCUT2D eigenvalue weighted by atomic mass is 9.65. The minimum absolute atomic E-state index is 0.110. The van der Waals surface area contributed by atoms with E-state index in [2.05, 4.69) is 15.3 Å². The first-order valence-corrected chi connectivity index (χ1v) is 8.94. The molecule has 25 heavy (non-hydrogen) atoms. The number of hydrogen-bond donors (Lipinski definition) is 1. The molecule has 0 bridgehead atoms. The smallest absolute Gasteiger partial charge is 0.381 e. The van der Waals surface area contributed by atoms with Crippen LogP contribution < -0.4 is 10.2 Å². The normalized spacial score (nSPS) is 26.7. The van der Waals surface area contributed by atoms with Gasteiger partial charge >= 0.3 is 6.18 Å². The van der Waals surface area contributed by atoms with E-state index in [9.17, 15) is 13.2 Å². The number of aromatic nitrogens is 2. The van der Waals surface area contributed by atoms with Gasteiger partial charge in [-0.2, -0.15) is 13.2 Å². The zero-order valence-corrected chi connectivity index (χ0v) is 14.1. The summed E-state index contributed by atoms with van der Waals surface area (Å²) in [6.07, 6.45) is 0.621. The second-order valence-corrected chi connectivity index (χ2v) is 7.46. The van der Waals surface area contributed by atoms with Crippen LogP contribution in [0.25, 0.3) is 0 Å². The van der Waals surface area contributed by atoms with Crippen molar-refractivity contribution < 1.29 is 17.9 Å². The van der Waals surface area contributed by atoms with Crippen molar-refractivity contribution >= 4 is 11.6 Å². The van der Waals surface area contributed by atoms with Crippen molar-refractivity contribution in [3.8, 4) is 0 Å². The predicted octanol–water partition coefficient (Wildman–Crippen LogP) is 3.24. The van der Waals surface area contributed by atoms with Gasteiger partial charge in [-0.25, -0.2) is 9.97 Å². The van der Waals surface area contributed by atoms with Crippen LogP contribution in [0.2, 0.25) is 0 Å². The molecule has 0 radical (unpaired) electrons. The van der Waals surface area contributed by atoms with E-state index in [4.69, 9.17) is 4.74 Å². The summed E-state index contributed by atoms with van der Waals surface area (Å²) in [5.74, 6) is 0.210. The van der Waals surface area contributed by atoms with Crippen LogP contribution in [-0.4, -0.2) is 48.5 Å². The lowest BCUT2D eigenvalue weighted by Gasteiger charge is -2.50. The molecule has 1 saturated carbocycles. The van der Waals surface area contributed by atoms with Gasteiger partial charge in [0.2, 0.25) is 0 Å². The topological polar surface area (TPSA) is 50.3 Å². The van der Waals surface area contributed by atoms with Crippen LogP contribution in [0.15, 0.2) is 12.4 Å². The van der Waals surface area contributed by atoms with E-state index in [0.29, 0.717) is 51.0 Å². The second kappa shape index (κ2) is 6.30. The van der Waals surface area contributed by atoms with E-state index >= 15 is 0 Å². The molecule has 2 saturated heterocycles. The largest absolute Gasteiger partial charge is 0.392 e. The van der Waals surface area contributed by atoms with Crippen molar-refractivity contribution in [1.29, 1.82) is 0 Å². The Labute approximate surface area is 145 Å². The molecule has 3 fully saturated rings. The molecule has 1 atom stereocenters. The maximum atomic E-state index is 13.6. The van der Waals surface area contributed by atoms with Crippen molar-refractivity contribution in [3.05, 3.63) is 12.4 Å². The van der Waals surface area contributed by atoms with Gasteiger partial charge in [0.25, 0.3) is 0 Å². The minimum atomic E-state index is -4.16. The van der Waals surface area contributed by atoms with Gasteiger partial charge in [-0.15, -0.1) is 0 Å². The van der Waals surface area contributed by atoms with E-state index in [1.165, 1.54) is 6.33 Å². The molecule has 1 aromatic heterocycles. The zero-order valence-electron chi connectivity index (χ0n) is 14.1. The fraction of sp³-hybridized carbons (Fsp3) is 0.765. The molecule has 2 aliphatic heterocycles. The molecular weight excluding hydrogens is 333 g/mol. The Balaban J connectivity index is 1.56. The van der Waals surface area contributed by atoms with Crippen molar-refractivity contribution in [1.82, 2.24) is 9.97 Å². The summed E-state index contributed by atoms with van der Waals surface area (Å²) in [6.45, 7) is 1.55. The average Bonchev–Trinajstić information content (AvgIpc) is 3.38. The summed E-state index contributed by atoms with van der Waals surface area (Å²) in [6, 6.07) is 2.33. The summed E-state index contributed by atoms with van der Waals surface area (Å²) in [4.78, 5) is 10.5. The van der Waals surface area contributed by atoms with Gasteiger partial charge in [0.1, 0.15) is 18.0 Å². The van der Waals surface area contributed by atoms with Crippen LogP contribution in [0.1, 0.15) is 32.1 Å². The van der Waals surface area contributed by atoms with E-state index in [0.717, 1.165) is 18.7 Å². The van der Waals surface area contributed by atoms with Gasteiger partial charge < -0.3 is 15.0 Å². The molecule has 138 valence electrons. The number of rotatable bonds is 3. The Morgan fingerprint density at radius 2 is 1.92 bits per heavy atom. The first kappa shape index (κ1) is 16.9. The van der Waals surface area contributed by atoms with Gasteiger partial charge in [-0.05, 0) is 32.1 Å². The van der Waals surface area contributed by atoms with Crippen LogP contribution in [0.5, 0.6) is 0 Å². The molecule has 1 N–H and O–H groups in total. The third kappa shape index (κ3) is 3.54. The van der Waals surface area contributed by atoms with Crippen LogP contribution in [0.3, 0.4) is 0 Å². The highest BCUT2D eigenvalue weighted by atomic mass is 19.4. The monoisotopic (exact) mass is 356 g/mol. The predicted molar refractivity (Wildman–Crippen MR) is 87.5 cm³/mol. The average molecular weight is 356 g/mol. The number of piperidine rings is 1. The van der Waals surface area contributed by atoms with Gasteiger partial charge in [0.05, 0.1) is 5.92 Å². The third-order valence-electron chi connectivity index (χ3n) is 5.72. The summed E-state index contributed by atoms with van der Waals surface area (Å²) in [5, 5.41) is 3.32. The molecule has 1 spiro atoms. The Bertz CT molecular complexity index is 614. The number of halogens is 3. The number of hydrogen-bond acceptors (Lipinski definition) is 5. The summed E-state index contributed by atoms with van der Waals surface area (Å²) in [7, 11) is 0. The van der Waals surface area contributed by atoms with Gasteiger partial charge in [-0.1, -0.05) is 0 Å². The Hall–Kier alpha value is -1.57. The lowest BCUT2D eigenvalue weighted by molar-refractivity contribution is -0.223. The molecule has 4 rings (SSSR count). The van der Waals surface area contributed by atoms with E-state index < -0.39 is 17.5 Å². The van der Waals surface area contributed by atoms with Gasteiger partial charge in [0, 0.05) is 43.8 Å². The van der Waals surface area contributed by atoms with E-state index in [1.54, 1.807) is 0 Å². The van der Waals surface area contributed by atoms with Crippen LogP contribution in [0, 0.1) is 11.3 Å². The number of anilines is 2. The van der Waals surface area contributed by atoms with E-state index in [1.807, 2.05) is 11.0 Å². The van der Waals surface area contributed by atoms with Crippen molar-refractivity contribution in [3.63, 3.8) is 0 Å². The maximum absolute atomic E-state index is 13.6.